The van der Waals surface area contributed by atoms with Crippen molar-refractivity contribution >= 4 is 17.8 Å². The number of Topliss-reactive ketones (excluding diaryl/α,β-unsaturated/α-hetero) is 1. The van der Waals surface area contributed by atoms with Crippen LogP contribution in [-0.4, -0.2) is 18.4 Å². The fraction of sp³-hybridized carbons (Fsp3) is 0.333. The van der Waals surface area contributed by atoms with Crippen molar-refractivity contribution < 1.29 is 28.2 Å². The minimum Gasteiger partial charge on any atom is -0.494 e. The summed E-state index contributed by atoms with van der Waals surface area (Å²) in [6, 6.07) is 14.6. The summed E-state index contributed by atoms with van der Waals surface area (Å²) in [6.07, 6.45) is 10.6. The second-order valence-corrected chi connectivity index (χ2v) is 9.23. The first-order valence-corrected chi connectivity index (χ1v) is 12.7. The van der Waals surface area contributed by atoms with Crippen LogP contribution in [0.15, 0.2) is 65.0 Å². The first-order chi connectivity index (χ1) is 17.6. The van der Waals surface area contributed by atoms with Crippen LogP contribution in [0.4, 0.5) is 0 Å². The van der Waals surface area contributed by atoms with Crippen molar-refractivity contribution in [1.29, 1.82) is 0 Å². The van der Waals surface area contributed by atoms with E-state index >= 15 is 0 Å². The van der Waals surface area contributed by atoms with Crippen molar-refractivity contribution in [3.05, 3.63) is 83.0 Å². The number of benzene rings is 2. The molecule has 0 amide bonds. The Morgan fingerprint density at radius 3 is 2.53 bits per heavy atom. The predicted octanol–water partition coefficient (Wildman–Crippen LogP) is 7.08. The molecule has 0 saturated heterocycles. The van der Waals surface area contributed by atoms with Crippen molar-refractivity contribution in [3.8, 4) is 17.2 Å². The summed E-state index contributed by atoms with van der Waals surface area (Å²) in [5, 5.41) is 0. The maximum atomic E-state index is 13.0. The molecule has 0 radical (unpaired) electrons. The number of carbonyl (C=O) groups excluding carboxylic acids is 2. The van der Waals surface area contributed by atoms with E-state index in [9.17, 15) is 9.59 Å². The van der Waals surface area contributed by atoms with Crippen LogP contribution in [0.25, 0.3) is 6.08 Å². The van der Waals surface area contributed by atoms with E-state index < -0.39 is 0 Å². The average Bonchev–Trinajstić information content (AvgIpc) is 3.51. The van der Waals surface area contributed by atoms with Gasteiger partial charge in [-0.3, -0.25) is 9.59 Å². The van der Waals surface area contributed by atoms with Crippen LogP contribution < -0.4 is 14.2 Å². The second kappa shape index (κ2) is 10.9. The van der Waals surface area contributed by atoms with Gasteiger partial charge in [0.05, 0.1) is 24.9 Å². The van der Waals surface area contributed by atoms with E-state index in [1.807, 2.05) is 24.3 Å². The van der Waals surface area contributed by atoms with E-state index in [0.29, 0.717) is 35.0 Å². The Kier molecular flexibility index (Phi) is 7.21. The zero-order valence-corrected chi connectivity index (χ0v) is 20.5. The van der Waals surface area contributed by atoms with E-state index in [2.05, 4.69) is 6.92 Å². The number of hydrogen-bond donors (Lipinski definition) is 0. The van der Waals surface area contributed by atoms with Crippen LogP contribution in [0.3, 0.4) is 0 Å². The minimum atomic E-state index is -0.313. The zero-order chi connectivity index (χ0) is 24.9. The number of unbranched alkanes of at least 4 members (excludes halogenated alkanes) is 5. The van der Waals surface area contributed by atoms with Gasteiger partial charge in [-0.1, -0.05) is 51.2 Å². The first kappa shape index (κ1) is 23.9. The molecule has 6 heteroatoms. The standard InChI is InChI=1S/C30H30O6/c1-2-3-4-5-6-7-16-33-21-12-10-20(11-13-21)24-19-27(31)35-25-15-14-23-29(32)26(36-30(23)28(24)25)18-22-9-8-17-34-22/h8-15,17-18,24H,2-7,16,19H2,1H3/b26-18-/t24-/m0/s1. The molecule has 2 aliphatic heterocycles. The van der Waals surface area contributed by atoms with Crippen LogP contribution in [-0.2, 0) is 4.79 Å². The summed E-state index contributed by atoms with van der Waals surface area (Å²) in [7, 11) is 0. The molecule has 0 bridgehead atoms. The molecule has 186 valence electrons. The first-order valence-electron chi connectivity index (χ1n) is 12.7. The second-order valence-electron chi connectivity index (χ2n) is 9.23. The highest BCUT2D eigenvalue weighted by atomic mass is 16.5. The van der Waals surface area contributed by atoms with Gasteiger partial charge in [0, 0.05) is 17.6 Å². The Morgan fingerprint density at radius 2 is 1.75 bits per heavy atom. The van der Waals surface area contributed by atoms with Crippen molar-refractivity contribution in [2.24, 2.45) is 0 Å². The topological polar surface area (TPSA) is 75.0 Å². The van der Waals surface area contributed by atoms with Crippen molar-refractivity contribution in [3.63, 3.8) is 0 Å². The number of carbonyl (C=O) groups is 2. The van der Waals surface area contributed by atoms with Gasteiger partial charge < -0.3 is 18.6 Å². The van der Waals surface area contributed by atoms with E-state index in [1.54, 1.807) is 30.3 Å². The Labute approximate surface area is 210 Å². The number of ketones is 1. The molecule has 36 heavy (non-hydrogen) atoms. The van der Waals surface area contributed by atoms with Gasteiger partial charge >= 0.3 is 5.97 Å². The molecule has 0 aliphatic carbocycles. The third-order valence-electron chi connectivity index (χ3n) is 6.65. The summed E-state index contributed by atoms with van der Waals surface area (Å²) >= 11 is 0. The maximum absolute atomic E-state index is 13.0. The van der Waals surface area contributed by atoms with Gasteiger partial charge in [-0.25, -0.2) is 0 Å². The number of rotatable bonds is 10. The minimum absolute atomic E-state index is 0.163. The number of furan rings is 1. The summed E-state index contributed by atoms with van der Waals surface area (Å²) in [4.78, 5) is 25.4. The fourth-order valence-electron chi connectivity index (χ4n) is 4.76. The quantitative estimate of drug-likeness (QED) is 0.132. The van der Waals surface area contributed by atoms with Gasteiger partial charge in [0.25, 0.3) is 0 Å². The lowest BCUT2D eigenvalue weighted by Crippen LogP contribution is -2.21. The Hall–Kier alpha value is -3.80. The van der Waals surface area contributed by atoms with Crippen LogP contribution in [0.2, 0.25) is 0 Å². The van der Waals surface area contributed by atoms with Crippen molar-refractivity contribution in [2.45, 2.75) is 57.8 Å². The summed E-state index contributed by atoms with van der Waals surface area (Å²) in [5.41, 5.74) is 2.10. The molecule has 3 heterocycles. The van der Waals surface area contributed by atoms with Crippen LogP contribution in [0, 0.1) is 0 Å². The Balaban J connectivity index is 1.33. The van der Waals surface area contributed by atoms with Gasteiger partial charge in [0.2, 0.25) is 5.78 Å². The normalized spacial score (nSPS) is 17.5. The number of ether oxygens (including phenoxy) is 3. The molecular weight excluding hydrogens is 456 g/mol. The lowest BCUT2D eigenvalue weighted by molar-refractivity contribution is -0.135. The highest BCUT2D eigenvalue weighted by Crippen LogP contribution is 2.49. The third kappa shape index (κ3) is 5.08. The molecular formula is C30H30O6. The van der Waals surface area contributed by atoms with Crippen molar-refractivity contribution in [2.75, 3.05) is 6.61 Å². The molecule has 6 nitrogen and oxygen atoms in total. The molecule has 1 aromatic heterocycles. The van der Waals surface area contributed by atoms with Crippen LogP contribution in [0.5, 0.6) is 17.2 Å². The van der Waals surface area contributed by atoms with E-state index in [0.717, 1.165) is 17.7 Å². The molecule has 0 unspecified atom stereocenters. The lowest BCUT2D eigenvalue weighted by atomic mass is 9.84. The largest absolute Gasteiger partial charge is 0.494 e. The van der Waals surface area contributed by atoms with E-state index in [-0.39, 0.29) is 29.9 Å². The van der Waals surface area contributed by atoms with E-state index in [4.69, 9.17) is 18.6 Å². The number of esters is 1. The molecule has 0 spiro atoms. The molecule has 0 fully saturated rings. The molecule has 0 N–H and O–H groups in total. The monoisotopic (exact) mass is 486 g/mol. The zero-order valence-electron chi connectivity index (χ0n) is 20.5. The molecule has 2 aliphatic rings. The van der Waals surface area contributed by atoms with Crippen molar-refractivity contribution in [1.82, 2.24) is 0 Å². The predicted molar refractivity (Wildman–Crippen MR) is 135 cm³/mol. The maximum Gasteiger partial charge on any atom is 0.312 e. The highest BCUT2D eigenvalue weighted by Gasteiger charge is 2.38. The summed E-state index contributed by atoms with van der Waals surface area (Å²) in [5.74, 6) is 1.55. The number of hydrogen-bond acceptors (Lipinski definition) is 6. The van der Waals surface area contributed by atoms with Crippen LogP contribution in [0.1, 0.15) is 85.0 Å². The summed E-state index contributed by atoms with van der Waals surface area (Å²) < 4.78 is 22.8. The van der Waals surface area contributed by atoms with Gasteiger partial charge in [-0.15, -0.1) is 0 Å². The third-order valence-corrected chi connectivity index (χ3v) is 6.65. The fourth-order valence-corrected chi connectivity index (χ4v) is 4.76. The average molecular weight is 487 g/mol. The molecule has 0 saturated carbocycles. The Bertz CT molecular complexity index is 1250. The summed E-state index contributed by atoms with van der Waals surface area (Å²) in [6.45, 7) is 2.91. The smallest absolute Gasteiger partial charge is 0.312 e. The van der Waals surface area contributed by atoms with E-state index in [1.165, 1.54) is 38.4 Å². The molecule has 2 aromatic carbocycles. The van der Waals surface area contributed by atoms with Gasteiger partial charge in [0.15, 0.2) is 5.76 Å². The van der Waals surface area contributed by atoms with Gasteiger partial charge in [-0.2, -0.15) is 0 Å². The highest BCUT2D eigenvalue weighted by molar-refractivity contribution is 6.15. The molecule has 3 aromatic rings. The van der Waals surface area contributed by atoms with Gasteiger partial charge in [-0.05, 0) is 48.4 Å². The lowest BCUT2D eigenvalue weighted by Gasteiger charge is -2.26. The molecule has 1 atom stereocenters. The Morgan fingerprint density at radius 1 is 0.944 bits per heavy atom. The van der Waals surface area contributed by atoms with Crippen LogP contribution >= 0.6 is 0 Å². The SMILES string of the molecule is CCCCCCCCOc1ccc([C@@H]2CC(=O)Oc3ccc4c(c32)O/C(=C\c2ccco2)C4=O)cc1. The number of allylic oxidation sites excluding steroid dienone is 1. The van der Waals surface area contributed by atoms with Gasteiger partial charge in [0.1, 0.15) is 23.0 Å². The molecule has 5 rings (SSSR count). The number of fused-ring (bicyclic) bond motifs is 3.